The highest BCUT2D eigenvalue weighted by molar-refractivity contribution is 6.00. The Morgan fingerprint density at radius 1 is 1.00 bits per heavy atom. The Kier molecular flexibility index (Phi) is 9.92. The van der Waals surface area contributed by atoms with Crippen molar-refractivity contribution in [3.63, 3.8) is 0 Å². The Labute approximate surface area is 237 Å². The van der Waals surface area contributed by atoms with Crippen LogP contribution in [0.1, 0.15) is 55.4 Å². The van der Waals surface area contributed by atoms with Crippen molar-refractivity contribution in [3.05, 3.63) is 107 Å². The van der Waals surface area contributed by atoms with Crippen molar-refractivity contribution in [1.29, 1.82) is 0 Å². The Balaban J connectivity index is 1.54. The fraction of sp³-hybridized carbons (Fsp3) is 0.294. The molecular weight excluding hydrogens is 496 g/mol. The molecule has 6 nitrogen and oxygen atoms in total. The molecule has 1 heterocycles. The first-order valence-electron chi connectivity index (χ1n) is 14.0. The molecular formula is C34H40N4O2. The Morgan fingerprint density at radius 3 is 2.38 bits per heavy atom. The second-order valence-corrected chi connectivity index (χ2v) is 10.4. The van der Waals surface area contributed by atoms with Gasteiger partial charge in [-0.3, -0.25) is 9.89 Å². The minimum atomic E-state index is -0.0185. The number of aromatic nitrogens is 2. The number of fused-ring (bicyclic) bond motifs is 1. The average molecular weight is 537 g/mol. The second kappa shape index (κ2) is 13.8. The summed E-state index contributed by atoms with van der Waals surface area (Å²) in [5.41, 5.74) is 8.44. The van der Waals surface area contributed by atoms with E-state index in [-0.39, 0.29) is 5.91 Å². The number of aromatic amines is 1. The van der Waals surface area contributed by atoms with E-state index in [4.69, 9.17) is 4.74 Å². The molecule has 0 aliphatic carbocycles. The number of H-pyrrole nitrogens is 1. The molecule has 3 aromatic carbocycles. The molecule has 0 saturated heterocycles. The standard InChI is InChI=1S/C34H40N4O2/c1-6-31(26-11-9-25(10-12-26)24(2)3)34(28-15-18-32-29(22-28)23-36-37-32)27-13-16-30(17-14-27)40-21-20-35-19-7-8-33(39)38(4)5/h7-18,22-24,35H,6,19-21H2,1-5H3,(H,36,37). The molecule has 0 aliphatic heterocycles. The number of carbonyl (C=O) groups is 1. The molecule has 2 N–H and O–H groups in total. The number of nitrogens with one attached hydrogen (secondary N) is 2. The summed E-state index contributed by atoms with van der Waals surface area (Å²) in [5.74, 6) is 1.31. The largest absolute Gasteiger partial charge is 0.492 e. The molecule has 0 spiro atoms. The number of hydrogen-bond acceptors (Lipinski definition) is 4. The maximum absolute atomic E-state index is 11.6. The van der Waals surface area contributed by atoms with Crippen LogP contribution in [0.4, 0.5) is 0 Å². The van der Waals surface area contributed by atoms with Gasteiger partial charge in [-0.15, -0.1) is 0 Å². The van der Waals surface area contributed by atoms with Gasteiger partial charge in [-0.1, -0.05) is 69.3 Å². The molecule has 1 amide bonds. The topological polar surface area (TPSA) is 70.2 Å². The number of likely N-dealkylation sites (N-methyl/N-ethyl adjacent to an activating group) is 1. The van der Waals surface area contributed by atoms with Crippen molar-refractivity contribution in [2.24, 2.45) is 0 Å². The molecule has 6 heteroatoms. The average Bonchev–Trinajstić information content (AvgIpc) is 3.44. The summed E-state index contributed by atoms with van der Waals surface area (Å²) in [7, 11) is 3.48. The third-order valence-electron chi connectivity index (χ3n) is 6.96. The molecule has 0 radical (unpaired) electrons. The van der Waals surface area contributed by atoms with Crippen LogP contribution < -0.4 is 10.1 Å². The molecule has 208 valence electrons. The molecule has 0 unspecified atom stereocenters. The van der Waals surface area contributed by atoms with Crippen molar-refractivity contribution in [1.82, 2.24) is 20.4 Å². The minimum absolute atomic E-state index is 0.0185. The molecule has 0 saturated carbocycles. The lowest BCUT2D eigenvalue weighted by molar-refractivity contribution is -0.123. The lowest BCUT2D eigenvalue weighted by Gasteiger charge is -2.18. The second-order valence-electron chi connectivity index (χ2n) is 10.4. The number of benzene rings is 3. The zero-order valence-corrected chi connectivity index (χ0v) is 24.2. The van der Waals surface area contributed by atoms with E-state index in [0.717, 1.165) is 34.2 Å². The van der Waals surface area contributed by atoms with Gasteiger partial charge >= 0.3 is 0 Å². The number of amides is 1. The third kappa shape index (κ3) is 7.27. The maximum atomic E-state index is 11.6. The number of rotatable bonds is 12. The Morgan fingerprint density at radius 2 is 1.70 bits per heavy atom. The van der Waals surface area contributed by atoms with Crippen LogP contribution in [0.25, 0.3) is 22.0 Å². The van der Waals surface area contributed by atoms with E-state index in [1.807, 2.05) is 24.4 Å². The molecule has 4 rings (SSSR count). The molecule has 0 aliphatic rings. The Hall–Kier alpha value is -4.16. The summed E-state index contributed by atoms with van der Waals surface area (Å²) in [6.45, 7) is 8.51. The molecule has 4 aromatic rings. The fourth-order valence-electron chi connectivity index (χ4n) is 4.66. The van der Waals surface area contributed by atoms with Gasteiger partial charge in [-0.05, 0) is 70.0 Å². The van der Waals surface area contributed by atoms with Crippen LogP contribution in [0.15, 0.2) is 85.1 Å². The third-order valence-corrected chi connectivity index (χ3v) is 6.96. The number of ether oxygens (including phenoxy) is 1. The summed E-state index contributed by atoms with van der Waals surface area (Å²) < 4.78 is 5.98. The van der Waals surface area contributed by atoms with Crippen LogP contribution in [0.3, 0.4) is 0 Å². The van der Waals surface area contributed by atoms with Gasteiger partial charge in [0.1, 0.15) is 12.4 Å². The van der Waals surface area contributed by atoms with Crippen molar-refractivity contribution in [2.45, 2.75) is 33.1 Å². The number of allylic oxidation sites excluding steroid dienone is 1. The molecule has 0 bridgehead atoms. The van der Waals surface area contributed by atoms with Crippen LogP contribution in [-0.2, 0) is 4.79 Å². The van der Waals surface area contributed by atoms with Crippen molar-refractivity contribution in [2.75, 3.05) is 33.8 Å². The highest BCUT2D eigenvalue weighted by Crippen LogP contribution is 2.36. The smallest absolute Gasteiger partial charge is 0.245 e. The maximum Gasteiger partial charge on any atom is 0.245 e. The zero-order valence-electron chi connectivity index (χ0n) is 24.2. The van der Waals surface area contributed by atoms with E-state index >= 15 is 0 Å². The normalized spacial score (nSPS) is 12.2. The summed E-state index contributed by atoms with van der Waals surface area (Å²) in [5, 5.41) is 11.6. The van der Waals surface area contributed by atoms with Crippen molar-refractivity contribution < 1.29 is 9.53 Å². The monoisotopic (exact) mass is 536 g/mol. The summed E-state index contributed by atoms with van der Waals surface area (Å²) >= 11 is 0. The first-order chi connectivity index (χ1) is 19.4. The van der Waals surface area contributed by atoms with Gasteiger partial charge in [-0.25, -0.2) is 0 Å². The van der Waals surface area contributed by atoms with Crippen molar-refractivity contribution in [3.8, 4) is 5.75 Å². The van der Waals surface area contributed by atoms with Gasteiger partial charge < -0.3 is 15.0 Å². The quantitative estimate of drug-likeness (QED) is 0.121. The van der Waals surface area contributed by atoms with Gasteiger partial charge in [0.15, 0.2) is 0 Å². The SMILES string of the molecule is CCC(=C(c1ccc(OCCNCC=CC(=O)N(C)C)cc1)c1ccc2[nH]ncc2c1)c1ccc(C(C)C)cc1. The summed E-state index contributed by atoms with van der Waals surface area (Å²) in [4.78, 5) is 13.1. The van der Waals surface area contributed by atoms with Crippen LogP contribution in [0.5, 0.6) is 5.75 Å². The lowest BCUT2D eigenvalue weighted by atomic mass is 9.87. The van der Waals surface area contributed by atoms with Crippen LogP contribution in [0.2, 0.25) is 0 Å². The van der Waals surface area contributed by atoms with E-state index in [9.17, 15) is 4.79 Å². The van der Waals surface area contributed by atoms with Gasteiger partial charge in [0, 0.05) is 38.6 Å². The van der Waals surface area contributed by atoms with Crippen LogP contribution in [0, 0.1) is 0 Å². The highest BCUT2D eigenvalue weighted by atomic mass is 16.5. The minimum Gasteiger partial charge on any atom is -0.492 e. The van der Waals surface area contributed by atoms with E-state index in [2.05, 4.69) is 90.9 Å². The van der Waals surface area contributed by atoms with E-state index in [1.54, 1.807) is 25.1 Å². The Bertz CT molecular complexity index is 1460. The van der Waals surface area contributed by atoms with E-state index in [0.29, 0.717) is 25.6 Å². The predicted octanol–water partition coefficient (Wildman–Crippen LogP) is 6.67. The fourth-order valence-corrected chi connectivity index (χ4v) is 4.66. The summed E-state index contributed by atoms with van der Waals surface area (Å²) in [6, 6.07) is 23.8. The highest BCUT2D eigenvalue weighted by Gasteiger charge is 2.15. The van der Waals surface area contributed by atoms with Gasteiger partial charge in [0.05, 0.1) is 11.7 Å². The van der Waals surface area contributed by atoms with Gasteiger partial charge in [0.25, 0.3) is 0 Å². The summed E-state index contributed by atoms with van der Waals surface area (Å²) in [6.07, 6.45) is 6.18. The van der Waals surface area contributed by atoms with Gasteiger partial charge in [-0.2, -0.15) is 5.10 Å². The lowest BCUT2D eigenvalue weighted by Crippen LogP contribution is -2.22. The van der Waals surface area contributed by atoms with Crippen LogP contribution in [-0.4, -0.2) is 54.8 Å². The zero-order chi connectivity index (χ0) is 28.5. The molecule has 0 fully saturated rings. The van der Waals surface area contributed by atoms with E-state index in [1.165, 1.54) is 22.3 Å². The molecule has 1 aromatic heterocycles. The van der Waals surface area contributed by atoms with Crippen LogP contribution >= 0.6 is 0 Å². The molecule has 0 atom stereocenters. The first-order valence-corrected chi connectivity index (χ1v) is 14.0. The molecule has 40 heavy (non-hydrogen) atoms. The van der Waals surface area contributed by atoms with Gasteiger partial charge in [0.2, 0.25) is 5.91 Å². The predicted molar refractivity (Wildman–Crippen MR) is 165 cm³/mol. The van der Waals surface area contributed by atoms with Crippen molar-refractivity contribution >= 4 is 28.0 Å². The van der Waals surface area contributed by atoms with E-state index < -0.39 is 0 Å². The number of nitrogens with zero attached hydrogens (tertiary/aromatic N) is 2. The number of carbonyl (C=O) groups excluding carboxylic acids is 1. The first kappa shape index (κ1) is 28.8. The number of hydrogen-bond donors (Lipinski definition) is 2.